The van der Waals surface area contributed by atoms with Gasteiger partial charge in [-0.05, 0) is 18.2 Å². The summed E-state index contributed by atoms with van der Waals surface area (Å²) in [7, 11) is 0. The number of fused-ring (bicyclic) bond motifs is 1. The Morgan fingerprint density at radius 2 is 1.87 bits per heavy atom. The molecule has 1 heterocycles. The third kappa shape index (κ3) is 3.11. The van der Waals surface area contributed by atoms with Crippen LogP contribution in [0.15, 0.2) is 64.5 Å². The van der Waals surface area contributed by atoms with Crippen molar-refractivity contribution < 1.29 is 9.90 Å². The largest absolute Gasteiger partial charge is 0.507 e. The van der Waals surface area contributed by atoms with Crippen LogP contribution in [-0.2, 0) is 0 Å². The Hall–Kier alpha value is -3.41. The second kappa shape index (κ2) is 6.15. The van der Waals surface area contributed by atoms with Gasteiger partial charge in [0.2, 0.25) is 5.56 Å². The summed E-state index contributed by atoms with van der Waals surface area (Å²) < 4.78 is 0. The third-order valence-corrected chi connectivity index (χ3v) is 3.30. The van der Waals surface area contributed by atoms with E-state index < -0.39 is 5.91 Å². The van der Waals surface area contributed by atoms with Crippen molar-refractivity contribution in [2.75, 3.05) is 0 Å². The normalized spacial score (nSPS) is 11.0. The van der Waals surface area contributed by atoms with Crippen molar-refractivity contribution >= 4 is 23.0 Å². The predicted octanol–water partition coefficient (Wildman–Crippen LogP) is 2.00. The summed E-state index contributed by atoms with van der Waals surface area (Å²) in [5.74, 6) is -0.439. The lowest BCUT2D eigenvalue weighted by atomic mass is 10.1. The fourth-order valence-corrected chi connectivity index (χ4v) is 2.21. The minimum atomic E-state index is -0.501. The van der Waals surface area contributed by atoms with Gasteiger partial charge in [0.15, 0.2) is 0 Å². The number of aromatic nitrogens is 1. The van der Waals surface area contributed by atoms with Gasteiger partial charge < -0.3 is 10.1 Å². The lowest BCUT2D eigenvalue weighted by Gasteiger charge is -2.04. The van der Waals surface area contributed by atoms with Gasteiger partial charge in [-0.2, -0.15) is 5.10 Å². The van der Waals surface area contributed by atoms with Gasteiger partial charge in [0.1, 0.15) is 5.75 Å². The summed E-state index contributed by atoms with van der Waals surface area (Å²) in [5, 5.41) is 14.1. The van der Waals surface area contributed by atoms with E-state index in [9.17, 15) is 14.7 Å². The Bertz CT molecular complexity index is 960. The first kappa shape index (κ1) is 14.5. The molecule has 0 aliphatic heterocycles. The highest BCUT2D eigenvalue weighted by molar-refractivity contribution is 6.06. The fraction of sp³-hybridized carbons (Fsp3) is 0. The third-order valence-electron chi connectivity index (χ3n) is 3.30. The van der Waals surface area contributed by atoms with Crippen molar-refractivity contribution in [1.82, 2.24) is 10.4 Å². The smallest absolute Gasteiger partial charge is 0.272 e. The number of hydrazone groups is 1. The second-order valence-corrected chi connectivity index (χ2v) is 4.85. The highest BCUT2D eigenvalue weighted by atomic mass is 16.3. The van der Waals surface area contributed by atoms with E-state index in [2.05, 4.69) is 15.5 Å². The van der Waals surface area contributed by atoms with E-state index in [0.717, 1.165) is 0 Å². The number of hydrogen-bond acceptors (Lipinski definition) is 4. The number of H-pyrrole nitrogens is 1. The quantitative estimate of drug-likeness (QED) is 0.510. The highest BCUT2D eigenvalue weighted by Crippen LogP contribution is 2.15. The number of benzene rings is 2. The number of aromatic hydroxyl groups is 1. The maximum absolute atomic E-state index is 12.2. The second-order valence-electron chi connectivity index (χ2n) is 4.85. The van der Waals surface area contributed by atoms with Crippen LogP contribution in [0.25, 0.3) is 10.9 Å². The number of amides is 1. The molecule has 3 rings (SSSR count). The molecule has 1 aromatic heterocycles. The van der Waals surface area contributed by atoms with Crippen molar-refractivity contribution in [3.05, 3.63) is 76.1 Å². The van der Waals surface area contributed by atoms with Gasteiger partial charge in [0.05, 0.1) is 11.8 Å². The first-order chi connectivity index (χ1) is 11.1. The molecule has 0 atom stereocenters. The predicted molar refractivity (Wildman–Crippen MR) is 87.7 cm³/mol. The zero-order valence-corrected chi connectivity index (χ0v) is 12.0. The first-order valence-electron chi connectivity index (χ1n) is 6.88. The zero-order valence-electron chi connectivity index (χ0n) is 12.0. The van der Waals surface area contributed by atoms with Crippen molar-refractivity contribution in [2.24, 2.45) is 5.10 Å². The van der Waals surface area contributed by atoms with Gasteiger partial charge in [-0.3, -0.25) is 9.59 Å². The Kier molecular flexibility index (Phi) is 3.88. The summed E-state index contributed by atoms with van der Waals surface area (Å²) in [6, 6.07) is 14.9. The SMILES string of the molecule is O=C(N/N=C/c1ccccc1O)c1cc(=O)[nH]c2ccccc12. The van der Waals surface area contributed by atoms with Crippen LogP contribution in [0.2, 0.25) is 0 Å². The molecule has 6 heteroatoms. The Balaban J connectivity index is 1.87. The molecular formula is C17H13N3O3. The number of hydrogen-bond donors (Lipinski definition) is 3. The minimum absolute atomic E-state index is 0.0621. The summed E-state index contributed by atoms with van der Waals surface area (Å²) in [5.41, 5.74) is 3.29. The van der Waals surface area contributed by atoms with E-state index in [0.29, 0.717) is 16.5 Å². The van der Waals surface area contributed by atoms with E-state index >= 15 is 0 Å². The Morgan fingerprint density at radius 1 is 1.13 bits per heavy atom. The number of phenols is 1. The van der Waals surface area contributed by atoms with Crippen molar-refractivity contribution in [3.63, 3.8) is 0 Å². The monoisotopic (exact) mass is 307 g/mol. The van der Waals surface area contributed by atoms with Gasteiger partial charge in [-0.25, -0.2) is 5.43 Å². The molecule has 6 nitrogen and oxygen atoms in total. The van der Waals surface area contributed by atoms with Crippen molar-refractivity contribution in [3.8, 4) is 5.75 Å². The van der Waals surface area contributed by atoms with E-state index in [1.165, 1.54) is 18.3 Å². The van der Waals surface area contributed by atoms with Crippen LogP contribution in [0.1, 0.15) is 15.9 Å². The maximum atomic E-state index is 12.2. The van der Waals surface area contributed by atoms with Gasteiger partial charge in [0.25, 0.3) is 5.91 Å². The molecule has 1 amide bonds. The first-order valence-corrected chi connectivity index (χ1v) is 6.88. The zero-order chi connectivity index (χ0) is 16.2. The molecule has 0 saturated carbocycles. The molecule has 0 spiro atoms. The Labute approximate surface area is 131 Å². The number of nitrogens with one attached hydrogen (secondary N) is 2. The number of carbonyl (C=O) groups is 1. The molecule has 3 N–H and O–H groups in total. The lowest BCUT2D eigenvalue weighted by Crippen LogP contribution is -2.20. The summed E-state index contributed by atoms with van der Waals surface area (Å²) in [6.45, 7) is 0. The Morgan fingerprint density at radius 3 is 2.70 bits per heavy atom. The minimum Gasteiger partial charge on any atom is -0.507 e. The summed E-state index contributed by atoms with van der Waals surface area (Å²) in [4.78, 5) is 26.6. The molecule has 0 bridgehead atoms. The molecule has 0 radical (unpaired) electrons. The molecule has 2 aromatic carbocycles. The average Bonchev–Trinajstić information content (AvgIpc) is 2.55. The molecule has 3 aromatic rings. The van der Waals surface area contributed by atoms with E-state index in [1.807, 2.05) is 0 Å². The van der Waals surface area contributed by atoms with Gasteiger partial charge >= 0.3 is 0 Å². The summed E-state index contributed by atoms with van der Waals surface area (Å²) >= 11 is 0. The number of para-hydroxylation sites is 2. The number of rotatable bonds is 3. The van der Waals surface area contributed by atoms with E-state index in [1.54, 1.807) is 42.5 Å². The molecule has 114 valence electrons. The molecule has 0 unspecified atom stereocenters. The number of carbonyl (C=O) groups excluding carboxylic acids is 1. The van der Waals surface area contributed by atoms with Crippen LogP contribution in [-0.4, -0.2) is 22.2 Å². The number of pyridine rings is 1. The standard InChI is InChI=1S/C17H13N3O3/c21-15-8-4-1-5-11(15)10-18-20-17(23)13-9-16(22)19-14-7-3-2-6-12(13)14/h1-10,21H,(H,19,22)(H,20,23)/b18-10+. The lowest BCUT2D eigenvalue weighted by molar-refractivity contribution is 0.0956. The maximum Gasteiger partial charge on any atom is 0.272 e. The van der Waals surface area contributed by atoms with Crippen molar-refractivity contribution in [2.45, 2.75) is 0 Å². The topological polar surface area (TPSA) is 94.5 Å². The molecule has 0 aliphatic rings. The highest BCUT2D eigenvalue weighted by Gasteiger charge is 2.10. The number of nitrogens with zero attached hydrogens (tertiary/aromatic N) is 1. The van der Waals surface area contributed by atoms with E-state index in [-0.39, 0.29) is 16.9 Å². The van der Waals surface area contributed by atoms with Crippen LogP contribution in [0, 0.1) is 0 Å². The summed E-state index contributed by atoms with van der Waals surface area (Å²) in [6.07, 6.45) is 1.34. The molecular weight excluding hydrogens is 294 g/mol. The van der Waals surface area contributed by atoms with Crippen LogP contribution in [0.5, 0.6) is 5.75 Å². The van der Waals surface area contributed by atoms with Gasteiger partial charge in [-0.15, -0.1) is 0 Å². The van der Waals surface area contributed by atoms with Gasteiger partial charge in [0, 0.05) is 22.5 Å². The van der Waals surface area contributed by atoms with Gasteiger partial charge in [-0.1, -0.05) is 30.3 Å². The molecule has 0 aliphatic carbocycles. The van der Waals surface area contributed by atoms with Crippen LogP contribution >= 0.6 is 0 Å². The van der Waals surface area contributed by atoms with E-state index in [4.69, 9.17) is 0 Å². The average molecular weight is 307 g/mol. The van der Waals surface area contributed by atoms with Crippen LogP contribution in [0.4, 0.5) is 0 Å². The number of phenolic OH excluding ortho intramolecular Hbond substituents is 1. The van der Waals surface area contributed by atoms with Crippen LogP contribution in [0.3, 0.4) is 0 Å². The molecule has 0 saturated heterocycles. The fourth-order valence-electron chi connectivity index (χ4n) is 2.21. The molecule has 23 heavy (non-hydrogen) atoms. The molecule has 0 fully saturated rings. The number of aromatic amines is 1. The van der Waals surface area contributed by atoms with Crippen LogP contribution < -0.4 is 11.0 Å². The van der Waals surface area contributed by atoms with Crippen molar-refractivity contribution in [1.29, 1.82) is 0 Å².